The number of aromatic nitrogens is 2. The van der Waals surface area contributed by atoms with Crippen molar-refractivity contribution in [1.29, 1.82) is 0 Å². The summed E-state index contributed by atoms with van der Waals surface area (Å²) >= 11 is 0. The molecule has 1 heterocycles. The van der Waals surface area contributed by atoms with E-state index in [0.717, 1.165) is 17.1 Å². The Bertz CT molecular complexity index is 705. The Morgan fingerprint density at radius 2 is 1.68 bits per heavy atom. The van der Waals surface area contributed by atoms with Crippen molar-refractivity contribution < 1.29 is 9.30 Å². The smallest absolute Gasteiger partial charge is 0.293 e. The molecule has 0 aliphatic rings. The van der Waals surface area contributed by atoms with Crippen molar-refractivity contribution in [3.63, 3.8) is 0 Å². The van der Waals surface area contributed by atoms with Gasteiger partial charge in [0.25, 0.3) is 5.82 Å². The van der Waals surface area contributed by atoms with Crippen molar-refractivity contribution in [2.45, 2.75) is 0 Å². The number of rotatable bonds is 2. The Kier molecular flexibility index (Phi) is 2.75. The third-order valence-electron chi connectivity index (χ3n) is 3.59. The number of methoxy groups -OCH3 is 1. The lowest BCUT2D eigenvalue weighted by Crippen LogP contribution is -2.30. The zero-order valence-corrected chi connectivity index (χ0v) is 11.4. The maximum absolute atomic E-state index is 5.48. The second kappa shape index (κ2) is 4.43. The van der Waals surface area contributed by atoms with E-state index >= 15 is 0 Å². The summed E-state index contributed by atoms with van der Waals surface area (Å²) in [7, 11) is 5.88. The summed E-state index contributed by atoms with van der Waals surface area (Å²) in [5.74, 6) is 2.03. The van der Waals surface area contributed by atoms with Crippen LogP contribution in [0, 0.1) is 0 Å². The molecule has 0 bridgehead atoms. The molecule has 0 aliphatic heterocycles. The van der Waals surface area contributed by atoms with Gasteiger partial charge >= 0.3 is 0 Å². The van der Waals surface area contributed by atoms with Crippen molar-refractivity contribution in [3.8, 4) is 17.1 Å². The van der Waals surface area contributed by atoms with E-state index in [9.17, 15) is 0 Å². The van der Waals surface area contributed by atoms with Crippen molar-refractivity contribution in [2.75, 3.05) is 7.11 Å². The molecule has 3 rings (SSSR count). The zero-order valence-electron chi connectivity index (χ0n) is 11.4. The molecule has 2 aromatic carbocycles. The van der Waals surface area contributed by atoms with Gasteiger partial charge in [-0.25, -0.2) is 9.13 Å². The number of fused-ring (bicyclic) bond motifs is 1. The number of hydrogen-bond donors (Lipinski definition) is 0. The van der Waals surface area contributed by atoms with Crippen LogP contribution in [0.3, 0.4) is 0 Å². The second-order valence-corrected chi connectivity index (χ2v) is 4.63. The van der Waals surface area contributed by atoms with E-state index in [4.69, 9.17) is 4.74 Å². The highest BCUT2D eigenvalue weighted by Gasteiger charge is 2.23. The van der Waals surface area contributed by atoms with Crippen molar-refractivity contribution in [2.24, 2.45) is 14.1 Å². The minimum atomic E-state index is 0.893. The topological polar surface area (TPSA) is 18.0 Å². The molecule has 0 saturated carbocycles. The highest BCUT2D eigenvalue weighted by atomic mass is 16.5. The molecule has 3 nitrogen and oxygen atoms in total. The first-order valence-electron chi connectivity index (χ1n) is 6.31. The van der Waals surface area contributed by atoms with Crippen LogP contribution in [0.5, 0.6) is 5.75 Å². The number of aryl methyl sites for hydroxylation is 2. The fourth-order valence-corrected chi connectivity index (χ4v) is 2.68. The van der Waals surface area contributed by atoms with Crippen LogP contribution in [0.1, 0.15) is 0 Å². The van der Waals surface area contributed by atoms with Crippen molar-refractivity contribution in [3.05, 3.63) is 48.5 Å². The zero-order chi connectivity index (χ0) is 13.4. The average molecular weight is 253 g/mol. The van der Waals surface area contributed by atoms with Crippen molar-refractivity contribution >= 4 is 11.0 Å². The number of para-hydroxylation sites is 3. The summed E-state index contributed by atoms with van der Waals surface area (Å²) in [5, 5.41) is 0. The first-order valence-corrected chi connectivity index (χ1v) is 6.31. The molecule has 19 heavy (non-hydrogen) atoms. The maximum atomic E-state index is 5.48. The third kappa shape index (κ3) is 1.70. The SMILES string of the molecule is COc1ccccc1-c1n(C)c2ccccc2[n+]1C. The number of nitrogens with zero attached hydrogens (tertiary/aromatic N) is 2. The van der Waals surface area contributed by atoms with E-state index in [0.29, 0.717) is 0 Å². The summed E-state index contributed by atoms with van der Waals surface area (Å²) in [6.45, 7) is 0. The van der Waals surface area contributed by atoms with Crippen LogP contribution in [0.4, 0.5) is 0 Å². The molecule has 0 radical (unpaired) electrons. The fourth-order valence-electron chi connectivity index (χ4n) is 2.68. The number of benzene rings is 2. The van der Waals surface area contributed by atoms with E-state index in [1.54, 1.807) is 7.11 Å². The summed E-state index contributed by atoms with van der Waals surface area (Å²) in [5.41, 5.74) is 3.53. The van der Waals surface area contributed by atoms with E-state index in [-0.39, 0.29) is 0 Å². The van der Waals surface area contributed by atoms with Crippen LogP contribution >= 0.6 is 0 Å². The molecule has 1 aromatic heterocycles. The van der Waals surface area contributed by atoms with Gasteiger partial charge in [0.2, 0.25) is 0 Å². The Labute approximate surface area is 112 Å². The van der Waals surface area contributed by atoms with E-state index in [1.807, 2.05) is 18.2 Å². The Balaban J connectivity index is 2.37. The molecular weight excluding hydrogens is 236 g/mol. The highest BCUT2D eigenvalue weighted by Crippen LogP contribution is 2.29. The molecule has 0 atom stereocenters. The van der Waals surface area contributed by atoms with Gasteiger partial charge in [-0.2, -0.15) is 0 Å². The van der Waals surface area contributed by atoms with E-state index < -0.39 is 0 Å². The molecule has 0 amide bonds. The maximum Gasteiger partial charge on any atom is 0.293 e. The summed E-state index contributed by atoms with van der Waals surface area (Å²) < 4.78 is 9.88. The number of imidazole rings is 1. The molecular formula is C16H17N2O+. The van der Waals surface area contributed by atoms with Gasteiger partial charge < -0.3 is 4.74 Å². The van der Waals surface area contributed by atoms with Gasteiger partial charge in [-0.05, 0) is 24.3 Å². The molecule has 0 saturated heterocycles. The summed E-state index contributed by atoms with van der Waals surface area (Å²) in [4.78, 5) is 0. The predicted octanol–water partition coefficient (Wildman–Crippen LogP) is 2.68. The van der Waals surface area contributed by atoms with Crippen LogP contribution in [0.2, 0.25) is 0 Å². The van der Waals surface area contributed by atoms with Gasteiger partial charge in [0.1, 0.15) is 11.3 Å². The Hall–Kier alpha value is -2.29. The van der Waals surface area contributed by atoms with Crippen LogP contribution in [0.25, 0.3) is 22.4 Å². The Morgan fingerprint density at radius 3 is 2.42 bits per heavy atom. The van der Waals surface area contributed by atoms with Crippen LogP contribution in [0.15, 0.2) is 48.5 Å². The standard InChI is InChI=1S/C16H17N2O/c1-17-13-9-5-6-10-14(13)18(2)16(17)12-8-4-7-11-15(12)19-3/h4-11H,1-3H3/q+1. The first kappa shape index (κ1) is 11.8. The quantitative estimate of drug-likeness (QED) is 0.642. The normalized spacial score (nSPS) is 10.9. The Morgan fingerprint density at radius 1 is 1.00 bits per heavy atom. The molecule has 3 aromatic rings. The number of ether oxygens (including phenoxy) is 1. The molecule has 0 unspecified atom stereocenters. The van der Waals surface area contributed by atoms with E-state index in [1.165, 1.54) is 11.0 Å². The predicted molar refractivity (Wildman–Crippen MR) is 76.1 cm³/mol. The third-order valence-corrected chi connectivity index (χ3v) is 3.59. The van der Waals surface area contributed by atoms with Gasteiger partial charge in [0.05, 0.1) is 21.2 Å². The first-order chi connectivity index (χ1) is 9.24. The minimum Gasteiger partial charge on any atom is -0.496 e. The lowest BCUT2D eigenvalue weighted by Gasteiger charge is -2.05. The van der Waals surface area contributed by atoms with Gasteiger partial charge in [-0.1, -0.05) is 24.3 Å². The highest BCUT2D eigenvalue weighted by molar-refractivity contribution is 5.77. The van der Waals surface area contributed by atoms with Gasteiger partial charge in [0, 0.05) is 0 Å². The fraction of sp³-hybridized carbons (Fsp3) is 0.188. The van der Waals surface area contributed by atoms with E-state index in [2.05, 4.69) is 53.6 Å². The van der Waals surface area contributed by atoms with Crippen molar-refractivity contribution in [1.82, 2.24) is 4.57 Å². The average Bonchev–Trinajstić information content (AvgIpc) is 2.71. The van der Waals surface area contributed by atoms with Crippen LogP contribution < -0.4 is 9.30 Å². The summed E-state index contributed by atoms with van der Waals surface area (Å²) in [6.07, 6.45) is 0. The molecule has 96 valence electrons. The molecule has 3 heteroatoms. The lowest BCUT2D eigenvalue weighted by molar-refractivity contribution is -0.634. The molecule has 0 N–H and O–H groups in total. The van der Waals surface area contributed by atoms with Gasteiger partial charge in [0.15, 0.2) is 11.0 Å². The monoisotopic (exact) mass is 253 g/mol. The molecule has 0 fully saturated rings. The van der Waals surface area contributed by atoms with Crippen LogP contribution in [-0.2, 0) is 14.1 Å². The van der Waals surface area contributed by atoms with Crippen LogP contribution in [-0.4, -0.2) is 11.7 Å². The minimum absolute atomic E-state index is 0.893. The number of hydrogen-bond acceptors (Lipinski definition) is 1. The molecule has 0 aliphatic carbocycles. The molecule has 0 spiro atoms. The largest absolute Gasteiger partial charge is 0.496 e. The van der Waals surface area contributed by atoms with Gasteiger partial charge in [-0.3, -0.25) is 0 Å². The summed E-state index contributed by atoms with van der Waals surface area (Å²) in [6, 6.07) is 16.5. The second-order valence-electron chi connectivity index (χ2n) is 4.63. The lowest BCUT2D eigenvalue weighted by atomic mass is 10.2. The van der Waals surface area contributed by atoms with Gasteiger partial charge in [-0.15, -0.1) is 0 Å².